The van der Waals surface area contributed by atoms with Crippen molar-refractivity contribution in [2.24, 2.45) is 0 Å². The van der Waals surface area contributed by atoms with Gasteiger partial charge in [0.1, 0.15) is 0 Å². The van der Waals surface area contributed by atoms with Crippen LogP contribution in [-0.2, 0) is 21.2 Å². The van der Waals surface area contributed by atoms with Crippen LogP contribution in [0.1, 0.15) is 24.0 Å². The van der Waals surface area contributed by atoms with Crippen molar-refractivity contribution in [2.45, 2.75) is 19.3 Å². The van der Waals surface area contributed by atoms with E-state index in [1.165, 1.54) is 16.1 Å². The van der Waals surface area contributed by atoms with E-state index < -0.39 is 10.0 Å². The molecule has 4 aromatic rings. The molecule has 1 aromatic heterocycles. The van der Waals surface area contributed by atoms with Gasteiger partial charge in [-0.25, -0.2) is 8.42 Å². The summed E-state index contributed by atoms with van der Waals surface area (Å²) in [4.78, 5) is 16.6. The van der Waals surface area contributed by atoms with Crippen molar-refractivity contribution in [3.63, 3.8) is 0 Å². The highest BCUT2D eigenvalue weighted by Crippen LogP contribution is 2.32. The minimum Gasteiger partial charge on any atom is -0.326 e. The highest BCUT2D eigenvalue weighted by molar-refractivity contribution is 7.92. The maximum Gasteiger partial charge on any atom is 0.232 e. The van der Waals surface area contributed by atoms with Crippen molar-refractivity contribution >= 4 is 27.3 Å². The predicted octanol–water partition coefficient (Wildman–Crippen LogP) is 5.52. The molecule has 7 heteroatoms. The van der Waals surface area contributed by atoms with Gasteiger partial charge in [-0.3, -0.25) is 14.1 Å². The third-order valence-electron chi connectivity index (χ3n) is 5.82. The fraction of sp³-hybridized carbons (Fsp3) is 0.172. The SMILES string of the molecule is CS(=O)(=O)N(CCCC(=O)Nc1ccc(Cc2ccncc2)cc1)c1ccccc1-c1ccccc1. The first-order valence-electron chi connectivity index (χ1n) is 11.8. The average Bonchev–Trinajstić information content (AvgIpc) is 2.88. The number of hydrogen-bond acceptors (Lipinski definition) is 4. The lowest BCUT2D eigenvalue weighted by Gasteiger charge is -2.25. The first kappa shape index (κ1) is 25.1. The lowest BCUT2D eigenvalue weighted by molar-refractivity contribution is -0.116. The normalized spacial score (nSPS) is 11.1. The van der Waals surface area contributed by atoms with Crippen LogP contribution >= 0.6 is 0 Å². The number of sulfonamides is 1. The topological polar surface area (TPSA) is 79.4 Å². The van der Waals surface area contributed by atoms with E-state index in [0.29, 0.717) is 17.8 Å². The minimum atomic E-state index is -3.54. The molecule has 0 saturated heterocycles. The largest absolute Gasteiger partial charge is 0.326 e. The second kappa shape index (κ2) is 11.6. The number of rotatable bonds is 10. The van der Waals surface area contributed by atoms with Crippen LogP contribution in [0.2, 0.25) is 0 Å². The van der Waals surface area contributed by atoms with Gasteiger partial charge in [0, 0.05) is 36.6 Å². The molecule has 0 spiro atoms. The van der Waals surface area contributed by atoms with Gasteiger partial charge in [0.15, 0.2) is 0 Å². The number of nitrogens with zero attached hydrogens (tertiary/aromatic N) is 2. The zero-order valence-corrected chi connectivity index (χ0v) is 21.0. The van der Waals surface area contributed by atoms with Crippen molar-refractivity contribution in [1.29, 1.82) is 0 Å². The summed E-state index contributed by atoms with van der Waals surface area (Å²) in [5, 5.41) is 2.91. The molecule has 0 unspecified atom stereocenters. The van der Waals surface area contributed by atoms with Gasteiger partial charge >= 0.3 is 0 Å². The Bertz CT molecular complexity index is 1390. The molecule has 0 aliphatic heterocycles. The van der Waals surface area contributed by atoms with Gasteiger partial charge in [0.05, 0.1) is 11.9 Å². The molecule has 0 aliphatic rings. The Hall–Kier alpha value is -3.97. The molecule has 4 rings (SSSR count). The van der Waals surface area contributed by atoms with Crippen LogP contribution in [-0.4, -0.2) is 32.1 Å². The Kier molecular flexibility index (Phi) is 8.13. The van der Waals surface area contributed by atoms with Crippen molar-refractivity contribution in [1.82, 2.24) is 4.98 Å². The summed E-state index contributed by atoms with van der Waals surface area (Å²) >= 11 is 0. The molecule has 0 bridgehead atoms. The monoisotopic (exact) mass is 499 g/mol. The van der Waals surface area contributed by atoms with Crippen LogP contribution < -0.4 is 9.62 Å². The highest BCUT2D eigenvalue weighted by atomic mass is 32.2. The average molecular weight is 500 g/mol. The summed E-state index contributed by atoms with van der Waals surface area (Å²) in [6.45, 7) is 0.209. The molecular formula is C29H29N3O3S. The lowest BCUT2D eigenvalue weighted by atomic mass is 10.0. The number of anilines is 2. The number of hydrogen-bond donors (Lipinski definition) is 1. The van der Waals surface area contributed by atoms with Gasteiger partial charge in [-0.1, -0.05) is 60.7 Å². The molecule has 0 fully saturated rings. The van der Waals surface area contributed by atoms with Crippen LogP contribution in [0.15, 0.2) is 103 Å². The van der Waals surface area contributed by atoms with Crippen molar-refractivity contribution in [2.75, 3.05) is 22.4 Å². The quantitative estimate of drug-likeness (QED) is 0.311. The van der Waals surface area contributed by atoms with E-state index in [2.05, 4.69) is 10.3 Å². The highest BCUT2D eigenvalue weighted by Gasteiger charge is 2.21. The predicted molar refractivity (Wildman–Crippen MR) is 145 cm³/mol. The van der Waals surface area contributed by atoms with Crippen LogP contribution in [0.5, 0.6) is 0 Å². The number of para-hydroxylation sites is 1. The van der Waals surface area contributed by atoms with Crippen LogP contribution in [0.4, 0.5) is 11.4 Å². The van der Waals surface area contributed by atoms with Crippen LogP contribution in [0.25, 0.3) is 11.1 Å². The third-order valence-corrected chi connectivity index (χ3v) is 7.00. The molecule has 0 atom stereocenters. The number of pyridine rings is 1. The van der Waals surface area contributed by atoms with Gasteiger partial charge in [-0.15, -0.1) is 0 Å². The Morgan fingerprint density at radius 3 is 2.17 bits per heavy atom. The standard InChI is InChI=1S/C29H29N3O3S/c1-36(34,35)32(28-11-6-5-10-27(28)25-8-3-2-4-9-25)21-7-12-29(33)31-26-15-13-23(14-16-26)22-24-17-19-30-20-18-24/h2-6,8-11,13-20H,7,12,21-22H2,1H3,(H,31,33). The van der Waals surface area contributed by atoms with Crippen molar-refractivity contribution in [3.8, 4) is 11.1 Å². The van der Waals surface area contributed by atoms with Gasteiger partial charge in [0.25, 0.3) is 0 Å². The summed E-state index contributed by atoms with van der Waals surface area (Å²) in [6, 6.07) is 28.8. The molecule has 0 aliphatic carbocycles. The Morgan fingerprint density at radius 2 is 1.47 bits per heavy atom. The molecule has 3 aromatic carbocycles. The molecule has 1 heterocycles. The third kappa shape index (κ3) is 6.79. The summed E-state index contributed by atoms with van der Waals surface area (Å²) in [6.07, 6.45) is 6.13. The van der Waals surface area contributed by atoms with Gasteiger partial charge in [-0.05, 0) is 59.9 Å². The lowest BCUT2D eigenvalue weighted by Crippen LogP contribution is -2.32. The van der Waals surface area contributed by atoms with E-state index in [4.69, 9.17) is 0 Å². The number of amides is 1. The second-order valence-electron chi connectivity index (χ2n) is 8.60. The number of carbonyl (C=O) groups excluding carboxylic acids is 1. The molecular weight excluding hydrogens is 470 g/mol. The van der Waals surface area contributed by atoms with Gasteiger partial charge < -0.3 is 5.32 Å². The van der Waals surface area contributed by atoms with Crippen molar-refractivity contribution in [3.05, 3.63) is 115 Å². The fourth-order valence-electron chi connectivity index (χ4n) is 4.07. The van der Waals surface area contributed by atoms with E-state index in [1.54, 1.807) is 18.5 Å². The zero-order valence-electron chi connectivity index (χ0n) is 20.2. The summed E-state index contributed by atoms with van der Waals surface area (Å²) < 4.78 is 26.7. The maximum atomic E-state index is 12.7. The maximum absolute atomic E-state index is 12.7. The molecule has 0 radical (unpaired) electrons. The minimum absolute atomic E-state index is 0.151. The molecule has 1 N–H and O–H groups in total. The van der Waals surface area contributed by atoms with Crippen molar-refractivity contribution < 1.29 is 13.2 Å². The van der Waals surface area contributed by atoms with Crippen LogP contribution in [0, 0.1) is 0 Å². The second-order valence-corrected chi connectivity index (χ2v) is 10.5. The van der Waals surface area contributed by atoms with Crippen LogP contribution in [0.3, 0.4) is 0 Å². The molecule has 36 heavy (non-hydrogen) atoms. The number of aromatic nitrogens is 1. The fourth-order valence-corrected chi connectivity index (χ4v) is 5.04. The number of benzene rings is 3. The Labute approximate surface area is 212 Å². The molecule has 0 saturated carbocycles. The number of carbonyl (C=O) groups is 1. The Balaban J connectivity index is 1.37. The summed E-state index contributed by atoms with van der Waals surface area (Å²) in [7, 11) is -3.54. The smallest absolute Gasteiger partial charge is 0.232 e. The van der Waals surface area contributed by atoms with E-state index in [0.717, 1.165) is 23.1 Å². The molecule has 6 nitrogen and oxygen atoms in total. The summed E-state index contributed by atoms with van der Waals surface area (Å²) in [5.41, 5.74) is 5.40. The van der Waals surface area contributed by atoms with E-state index in [9.17, 15) is 13.2 Å². The van der Waals surface area contributed by atoms with E-state index in [1.807, 2.05) is 84.9 Å². The number of nitrogens with one attached hydrogen (secondary N) is 1. The van der Waals surface area contributed by atoms with E-state index in [-0.39, 0.29) is 18.9 Å². The van der Waals surface area contributed by atoms with Gasteiger partial charge in [-0.2, -0.15) is 0 Å². The van der Waals surface area contributed by atoms with Gasteiger partial charge in [0.2, 0.25) is 15.9 Å². The molecule has 1 amide bonds. The molecule has 184 valence electrons. The first-order chi connectivity index (χ1) is 17.4. The first-order valence-corrected chi connectivity index (χ1v) is 13.6. The van der Waals surface area contributed by atoms with E-state index >= 15 is 0 Å². The Morgan fingerprint density at radius 1 is 0.833 bits per heavy atom. The zero-order chi connectivity index (χ0) is 25.4. The summed E-state index contributed by atoms with van der Waals surface area (Å²) in [5.74, 6) is -0.151.